The summed E-state index contributed by atoms with van der Waals surface area (Å²) < 4.78 is 12.6. The molecular formula is C37H47ClN6O4Si. The first kappa shape index (κ1) is 36.3. The maximum Gasteiger partial charge on any atom is 0.414 e. The van der Waals surface area contributed by atoms with E-state index in [1.54, 1.807) is 41.1 Å². The molecule has 0 spiro atoms. The molecule has 5 rings (SSSR count). The van der Waals surface area contributed by atoms with Crippen molar-refractivity contribution in [2.24, 2.45) is 0 Å². The lowest BCUT2D eigenvalue weighted by molar-refractivity contribution is -0.116. The van der Waals surface area contributed by atoms with Crippen LogP contribution in [0.1, 0.15) is 77.6 Å². The van der Waals surface area contributed by atoms with Gasteiger partial charge in [-0.3, -0.25) is 9.69 Å². The SMILES string of the molecule is CC(=O)N1CCc2c(C)c(Nc3nccc(-c4cc(C#N)c5c(c4)C(C)(CO[Si](C)(C)C(C)(C)C)CN5C(=O)OC(C)(C)C)n3)cc(Cl)c21. The number of nitrogens with one attached hydrogen (secondary N) is 1. The standard InChI is InChI=1S/C37H47ClN6O4Si/c1-22-26-13-15-43(23(2)45)32(26)28(38)18-30(22)42-33-40-14-12-29(41-33)24-16-25(19-39)31-27(17-24)37(9,21-47-49(10,11)36(6,7)8)20-44(31)34(46)48-35(3,4)5/h12,14,16-18H,13,15,20-21H2,1-11H3,(H,40,41,42). The molecule has 3 heterocycles. The Balaban J connectivity index is 1.55. The van der Waals surface area contributed by atoms with Crippen molar-refractivity contribution in [3.8, 4) is 17.3 Å². The molecule has 12 heteroatoms. The lowest BCUT2D eigenvalue weighted by atomic mass is 9.83. The fraction of sp³-hybridized carbons (Fsp3) is 0.486. The highest BCUT2D eigenvalue weighted by Crippen LogP contribution is 2.47. The topological polar surface area (TPSA) is 121 Å². The van der Waals surface area contributed by atoms with Crippen molar-refractivity contribution in [2.45, 2.75) is 97.9 Å². The number of fused-ring (bicyclic) bond motifs is 2. The molecule has 49 heavy (non-hydrogen) atoms. The minimum absolute atomic E-state index is 0.00606. The quantitative estimate of drug-likeness (QED) is 0.253. The third-order valence-electron chi connectivity index (χ3n) is 9.90. The number of carbonyl (C=O) groups is 2. The number of nitrogens with zero attached hydrogens (tertiary/aromatic N) is 5. The van der Waals surface area contributed by atoms with Crippen molar-refractivity contribution in [3.05, 3.63) is 57.7 Å². The monoisotopic (exact) mass is 702 g/mol. The van der Waals surface area contributed by atoms with Gasteiger partial charge in [0.15, 0.2) is 8.32 Å². The van der Waals surface area contributed by atoms with Crippen LogP contribution in [0.15, 0.2) is 30.5 Å². The maximum atomic E-state index is 13.6. The summed E-state index contributed by atoms with van der Waals surface area (Å²) in [5.74, 6) is 0.316. The van der Waals surface area contributed by atoms with Crippen LogP contribution in [0.3, 0.4) is 0 Å². The molecule has 0 saturated heterocycles. The predicted octanol–water partition coefficient (Wildman–Crippen LogP) is 8.66. The number of anilines is 4. The van der Waals surface area contributed by atoms with Crippen molar-refractivity contribution in [3.63, 3.8) is 0 Å². The molecule has 1 aromatic heterocycles. The van der Waals surface area contributed by atoms with Gasteiger partial charge in [-0.1, -0.05) is 39.3 Å². The summed E-state index contributed by atoms with van der Waals surface area (Å²) in [7, 11) is -2.15. The highest BCUT2D eigenvalue weighted by Gasteiger charge is 2.47. The first-order chi connectivity index (χ1) is 22.7. The third-order valence-corrected chi connectivity index (χ3v) is 14.7. The number of hydrogen-bond donors (Lipinski definition) is 1. The first-order valence-electron chi connectivity index (χ1n) is 16.6. The summed E-state index contributed by atoms with van der Waals surface area (Å²) in [5.41, 5.74) is 5.21. The molecular weight excluding hydrogens is 656 g/mol. The van der Waals surface area contributed by atoms with Crippen LogP contribution in [0.25, 0.3) is 11.3 Å². The zero-order valence-electron chi connectivity index (χ0n) is 30.5. The van der Waals surface area contributed by atoms with E-state index in [4.69, 9.17) is 25.7 Å². The van der Waals surface area contributed by atoms with Gasteiger partial charge < -0.3 is 19.4 Å². The van der Waals surface area contributed by atoms with Crippen LogP contribution in [0, 0.1) is 18.3 Å². The van der Waals surface area contributed by atoms with Gasteiger partial charge in [0.25, 0.3) is 0 Å². The molecule has 1 N–H and O–H groups in total. The van der Waals surface area contributed by atoms with Gasteiger partial charge in [-0.2, -0.15) is 5.26 Å². The van der Waals surface area contributed by atoms with Crippen LogP contribution in [-0.4, -0.2) is 55.6 Å². The Morgan fingerprint density at radius 3 is 2.43 bits per heavy atom. The van der Waals surface area contributed by atoms with E-state index >= 15 is 0 Å². The molecule has 10 nitrogen and oxygen atoms in total. The normalized spacial score (nSPS) is 17.4. The molecule has 260 valence electrons. The number of amides is 2. The Hall–Kier alpha value is -3.98. The van der Waals surface area contributed by atoms with Gasteiger partial charge in [0.1, 0.15) is 11.7 Å². The summed E-state index contributed by atoms with van der Waals surface area (Å²) in [5, 5.41) is 14.2. The number of nitriles is 1. The fourth-order valence-electron chi connectivity index (χ4n) is 6.15. The molecule has 2 aromatic carbocycles. The van der Waals surface area contributed by atoms with Crippen molar-refractivity contribution < 1.29 is 18.8 Å². The summed E-state index contributed by atoms with van der Waals surface area (Å²) >= 11 is 6.69. The summed E-state index contributed by atoms with van der Waals surface area (Å²) in [4.78, 5) is 38.4. The highest BCUT2D eigenvalue weighted by atomic mass is 35.5. The van der Waals surface area contributed by atoms with Gasteiger partial charge >= 0.3 is 6.09 Å². The van der Waals surface area contributed by atoms with E-state index in [0.29, 0.717) is 59.6 Å². The smallest absolute Gasteiger partial charge is 0.414 e. The van der Waals surface area contributed by atoms with Crippen LogP contribution >= 0.6 is 11.6 Å². The number of carbonyl (C=O) groups excluding carboxylic acids is 2. The van der Waals surface area contributed by atoms with Gasteiger partial charge in [-0.05, 0) is 93.2 Å². The number of benzene rings is 2. The van der Waals surface area contributed by atoms with Gasteiger partial charge in [0.2, 0.25) is 11.9 Å². The molecule has 2 amide bonds. The van der Waals surface area contributed by atoms with E-state index in [0.717, 1.165) is 28.1 Å². The molecule has 0 aliphatic carbocycles. The molecule has 1 unspecified atom stereocenters. The van der Waals surface area contributed by atoms with E-state index in [1.165, 1.54) is 0 Å². The number of hydrogen-bond acceptors (Lipinski definition) is 8. The van der Waals surface area contributed by atoms with Crippen molar-refractivity contribution in [1.82, 2.24) is 9.97 Å². The van der Waals surface area contributed by atoms with Crippen LogP contribution in [0.2, 0.25) is 23.2 Å². The number of halogens is 1. The first-order valence-corrected chi connectivity index (χ1v) is 19.9. The fourth-order valence-corrected chi connectivity index (χ4v) is 7.59. The average Bonchev–Trinajstić information content (AvgIpc) is 3.58. The minimum Gasteiger partial charge on any atom is -0.443 e. The van der Waals surface area contributed by atoms with E-state index < -0.39 is 25.4 Å². The van der Waals surface area contributed by atoms with Gasteiger partial charge in [0, 0.05) is 49.5 Å². The molecule has 0 bridgehead atoms. The lowest BCUT2D eigenvalue weighted by Gasteiger charge is -2.39. The lowest BCUT2D eigenvalue weighted by Crippen LogP contribution is -2.46. The maximum absolute atomic E-state index is 13.6. The second kappa shape index (κ2) is 12.7. The Morgan fingerprint density at radius 2 is 1.82 bits per heavy atom. The molecule has 1 atom stereocenters. The second-order valence-corrected chi connectivity index (χ2v) is 21.1. The van der Waals surface area contributed by atoms with E-state index in [1.807, 2.05) is 33.8 Å². The summed E-state index contributed by atoms with van der Waals surface area (Å²) in [6, 6.07) is 9.71. The van der Waals surface area contributed by atoms with Crippen LogP contribution in [0.4, 0.5) is 27.8 Å². The Morgan fingerprint density at radius 1 is 1.12 bits per heavy atom. The summed E-state index contributed by atoms with van der Waals surface area (Å²) in [6.07, 6.45) is 1.87. The van der Waals surface area contributed by atoms with Crippen molar-refractivity contribution in [2.75, 3.05) is 34.8 Å². The Labute approximate surface area is 295 Å². The molecule has 0 radical (unpaired) electrons. The second-order valence-electron chi connectivity index (χ2n) is 15.9. The van der Waals surface area contributed by atoms with E-state index in [2.05, 4.69) is 57.2 Å². The minimum atomic E-state index is -2.15. The van der Waals surface area contributed by atoms with Crippen LogP contribution < -0.4 is 15.1 Å². The highest BCUT2D eigenvalue weighted by molar-refractivity contribution is 6.74. The van der Waals surface area contributed by atoms with E-state index in [9.17, 15) is 14.9 Å². The van der Waals surface area contributed by atoms with Crippen molar-refractivity contribution in [1.29, 1.82) is 5.26 Å². The van der Waals surface area contributed by atoms with Gasteiger partial charge in [0.05, 0.1) is 27.7 Å². The molecule has 0 fully saturated rings. The largest absolute Gasteiger partial charge is 0.443 e. The van der Waals surface area contributed by atoms with E-state index in [-0.39, 0.29) is 10.9 Å². The zero-order chi connectivity index (χ0) is 36.3. The summed E-state index contributed by atoms with van der Waals surface area (Å²) in [6.45, 7) is 23.4. The molecule has 2 aliphatic heterocycles. The zero-order valence-corrected chi connectivity index (χ0v) is 32.2. The van der Waals surface area contributed by atoms with Gasteiger partial charge in [-0.15, -0.1) is 0 Å². The molecule has 0 saturated carbocycles. The Kier molecular flexibility index (Phi) is 9.42. The Bertz CT molecular complexity index is 1880. The number of rotatable bonds is 6. The molecule has 3 aromatic rings. The molecule has 2 aliphatic rings. The third kappa shape index (κ3) is 7.05. The predicted molar refractivity (Wildman–Crippen MR) is 197 cm³/mol. The number of ether oxygens (including phenoxy) is 1. The van der Waals surface area contributed by atoms with Crippen LogP contribution in [-0.2, 0) is 25.8 Å². The van der Waals surface area contributed by atoms with Crippen LogP contribution in [0.5, 0.6) is 0 Å². The number of aromatic nitrogens is 2. The average molecular weight is 703 g/mol. The van der Waals surface area contributed by atoms with Gasteiger partial charge in [-0.25, -0.2) is 14.8 Å². The van der Waals surface area contributed by atoms with Crippen molar-refractivity contribution >= 4 is 54.9 Å².